The van der Waals surface area contributed by atoms with Gasteiger partial charge in [-0.2, -0.15) is 26.1 Å². The molecule has 0 saturated heterocycles. The molecule has 6 heteroatoms. The highest BCUT2D eigenvalue weighted by Gasteiger charge is 2.68. The molecule has 0 aromatic heterocycles. The normalized spacial score (nSPS) is 22.3. The van der Waals surface area contributed by atoms with E-state index >= 15 is 0 Å². The van der Waals surface area contributed by atoms with E-state index in [1.54, 1.807) is 38.4 Å². The van der Waals surface area contributed by atoms with Crippen LogP contribution in [0.25, 0.3) is 0 Å². The molecular weight excluding hydrogens is 288 g/mol. The second-order valence-corrected chi connectivity index (χ2v) is 5.57. The number of nitrogens with zero attached hydrogens (tertiary/aromatic N) is 6. The number of hydrazone groups is 1. The van der Waals surface area contributed by atoms with E-state index in [1.807, 2.05) is 30.3 Å². The first-order chi connectivity index (χ1) is 11.0. The van der Waals surface area contributed by atoms with Crippen molar-refractivity contribution in [2.75, 3.05) is 14.1 Å². The molecule has 1 aliphatic carbocycles. The number of hydrogen-bond acceptors (Lipinski definition) is 6. The Balaban J connectivity index is 2.79. The molecule has 1 fully saturated rings. The second-order valence-electron chi connectivity index (χ2n) is 5.57. The summed E-state index contributed by atoms with van der Waals surface area (Å²) in [6.45, 7) is 0. The van der Waals surface area contributed by atoms with Crippen LogP contribution in [0.5, 0.6) is 0 Å². The summed E-state index contributed by atoms with van der Waals surface area (Å²) in [7, 11) is 3.34. The first-order valence-electron chi connectivity index (χ1n) is 6.96. The van der Waals surface area contributed by atoms with Gasteiger partial charge >= 0.3 is 0 Å². The van der Waals surface area contributed by atoms with Crippen LogP contribution in [-0.4, -0.2) is 24.8 Å². The molecule has 1 aliphatic rings. The molecule has 0 N–H and O–H groups in total. The Morgan fingerprint density at radius 3 is 2.00 bits per heavy atom. The van der Waals surface area contributed by atoms with Crippen LogP contribution in [-0.2, 0) is 0 Å². The molecule has 0 amide bonds. The first-order valence-corrected chi connectivity index (χ1v) is 6.96. The highest BCUT2D eigenvalue weighted by molar-refractivity contribution is 6.00. The van der Waals surface area contributed by atoms with E-state index in [1.165, 1.54) is 5.01 Å². The number of nitriles is 4. The quantitative estimate of drug-likeness (QED) is 0.777. The third-order valence-corrected chi connectivity index (χ3v) is 4.16. The third kappa shape index (κ3) is 2.10. The smallest absolute Gasteiger partial charge is 0.215 e. The molecule has 0 spiro atoms. The van der Waals surface area contributed by atoms with Crippen molar-refractivity contribution in [2.24, 2.45) is 15.9 Å². The number of rotatable bonds is 2. The zero-order valence-electron chi connectivity index (χ0n) is 12.9. The van der Waals surface area contributed by atoms with Gasteiger partial charge in [0.25, 0.3) is 0 Å². The lowest BCUT2D eigenvalue weighted by Crippen LogP contribution is -2.40. The molecule has 1 saturated carbocycles. The third-order valence-electron chi connectivity index (χ3n) is 4.16. The molecule has 1 aromatic rings. The van der Waals surface area contributed by atoms with Gasteiger partial charge in [0.2, 0.25) is 5.41 Å². The van der Waals surface area contributed by atoms with Gasteiger partial charge in [-0.05, 0) is 12.0 Å². The molecule has 0 unspecified atom stereocenters. The van der Waals surface area contributed by atoms with Crippen molar-refractivity contribution in [3.8, 4) is 24.3 Å². The van der Waals surface area contributed by atoms with Crippen molar-refractivity contribution in [1.29, 1.82) is 21.0 Å². The summed E-state index contributed by atoms with van der Waals surface area (Å²) in [5.74, 6) is -0.586. The molecule has 0 bridgehead atoms. The first kappa shape index (κ1) is 16.0. The van der Waals surface area contributed by atoms with Crippen LogP contribution in [0.2, 0.25) is 0 Å². The molecule has 0 aliphatic heterocycles. The fourth-order valence-electron chi connectivity index (χ4n) is 3.08. The van der Waals surface area contributed by atoms with Crippen molar-refractivity contribution in [3.63, 3.8) is 0 Å². The van der Waals surface area contributed by atoms with E-state index in [9.17, 15) is 21.0 Å². The lowest BCUT2D eigenvalue weighted by Gasteiger charge is -2.28. The molecule has 0 radical (unpaired) electrons. The Kier molecular flexibility index (Phi) is 4.04. The van der Waals surface area contributed by atoms with Gasteiger partial charge in [-0.1, -0.05) is 30.3 Å². The van der Waals surface area contributed by atoms with Crippen molar-refractivity contribution >= 4 is 5.71 Å². The monoisotopic (exact) mass is 302 g/mol. The van der Waals surface area contributed by atoms with Gasteiger partial charge in [0.05, 0.1) is 30.0 Å². The zero-order chi connectivity index (χ0) is 17.1. The molecule has 0 heterocycles. The topological polar surface area (TPSA) is 111 Å². The Bertz CT molecular complexity index is 767. The molecule has 2 rings (SSSR count). The summed E-state index contributed by atoms with van der Waals surface area (Å²) in [6, 6.07) is 16.8. The number of benzene rings is 1. The van der Waals surface area contributed by atoms with Crippen LogP contribution in [0.1, 0.15) is 17.9 Å². The molecule has 1 atom stereocenters. The minimum atomic E-state index is -1.89. The fraction of sp³-hybridized carbons (Fsp3) is 0.353. The van der Waals surface area contributed by atoms with E-state index in [0.29, 0.717) is 0 Å². The summed E-state index contributed by atoms with van der Waals surface area (Å²) in [4.78, 5) is 0. The van der Waals surface area contributed by atoms with E-state index in [0.717, 1.165) is 5.56 Å². The van der Waals surface area contributed by atoms with Crippen molar-refractivity contribution in [3.05, 3.63) is 35.9 Å². The average Bonchev–Trinajstić information content (AvgIpc) is 2.85. The molecule has 6 nitrogen and oxygen atoms in total. The Morgan fingerprint density at radius 2 is 1.57 bits per heavy atom. The van der Waals surface area contributed by atoms with E-state index in [2.05, 4.69) is 5.10 Å². The molecule has 112 valence electrons. The van der Waals surface area contributed by atoms with Crippen LogP contribution in [0, 0.1) is 56.2 Å². The maximum absolute atomic E-state index is 9.75. The standard InChI is InChI=1S/C17H14N6/c1-23(2)22-15-8-14(13-6-4-3-5-7-13)16(9-18,10-19)17(15,11-20)12-21/h3-7,14H,8H2,1-2H3/b22-15-/t14-/m0/s1. The summed E-state index contributed by atoms with van der Waals surface area (Å²) in [5, 5.41) is 44.6. The lowest BCUT2D eigenvalue weighted by atomic mass is 9.63. The summed E-state index contributed by atoms with van der Waals surface area (Å²) >= 11 is 0. The maximum atomic E-state index is 9.75. The van der Waals surface area contributed by atoms with Crippen molar-refractivity contribution < 1.29 is 0 Å². The van der Waals surface area contributed by atoms with Crippen LogP contribution in [0.4, 0.5) is 0 Å². The van der Waals surface area contributed by atoms with Crippen molar-refractivity contribution in [1.82, 2.24) is 5.01 Å². The maximum Gasteiger partial charge on any atom is 0.215 e. The average molecular weight is 302 g/mol. The van der Waals surface area contributed by atoms with Crippen LogP contribution in [0.15, 0.2) is 35.4 Å². The van der Waals surface area contributed by atoms with Gasteiger partial charge < -0.3 is 5.01 Å². The lowest BCUT2D eigenvalue weighted by molar-refractivity contribution is 0.363. The summed E-state index contributed by atoms with van der Waals surface area (Å²) < 4.78 is 0. The summed E-state index contributed by atoms with van der Waals surface area (Å²) in [5.41, 5.74) is -2.69. The van der Waals surface area contributed by atoms with Crippen LogP contribution < -0.4 is 0 Å². The predicted octanol–water partition coefficient (Wildman–Crippen LogP) is 2.16. The minimum Gasteiger partial charge on any atom is -0.303 e. The minimum absolute atomic E-state index is 0.213. The molecule has 1 aromatic carbocycles. The van der Waals surface area contributed by atoms with Crippen molar-refractivity contribution in [2.45, 2.75) is 12.3 Å². The highest BCUT2D eigenvalue weighted by atomic mass is 15.4. The predicted molar refractivity (Wildman–Crippen MR) is 82.2 cm³/mol. The number of hydrogen-bond donors (Lipinski definition) is 0. The van der Waals surface area contributed by atoms with E-state index in [4.69, 9.17) is 0 Å². The van der Waals surface area contributed by atoms with Gasteiger partial charge in [-0.15, -0.1) is 0 Å². The second kappa shape index (κ2) is 5.80. The van der Waals surface area contributed by atoms with Gasteiger partial charge in [0.15, 0.2) is 5.41 Å². The Labute approximate surface area is 135 Å². The van der Waals surface area contributed by atoms with Crippen LogP contribution in [0.3, 0.4) is 0 Å². The Hall–Kier alpha value is -3.35. The van der Waals surface area contributed by atoms with Crippen LogP contribution >= 0.6 is 0 Å². The zero-order valence-corrected chi connectivity index (χ0v) is 12.9. The highest BCUT2D eigenvalue weighted by Crippen LogP contribution is 2.58. The van der Waals surface area contributed by atoms with Gasteiger partial charge in [0.1, 0.15) is 0 Å². The fourth-order valence-corrected chi connectivity index (χ4v) is 3.08. The molecular formula is C17H14N6. The van der Waals surface area contributed by atoms with E-state index in [-0.39, 0.29) is 12.1 Å². The van der Waals surface area contributed by atoms with Gasteiger partial charge in [-0.25, -0.2) is 0 Å². The van der Waals surface area contributed by atoms with Gasteiger partial charge in [0, 0.05) is 20.0 Å². The summed E-state index contributed by atoms with van der Waals surface area (Å²) in [6.07, 6.45) is 0.213. The van der Waals surface area contributed by atoms with Gasteiger partial charge in [-0.3, -0.25) is 0 Å². The largest absolute Gasteiger partial charge is 0.303 e. The molecule has 23 heavy (non-hydrogen) atoms. The SMILES string of the molecule is CN(C)/N=C1/C[C@@H](c2ccccc2)C(C#N)(C#N)C1(C#N)C#N. The van der Waals surface area contributed by atoms with E-state index < -0.39 is 16.7 Å². The Morgan fingerprint density at radius 1 is 1.00 bits per heavy atom.